The van der Waals surface area contributed by atoms with Crippen molar-refractivity contribution in [2.24, 2.45) is 5.92 Å². The van der Waals surface area contributed by atoms with Crippen LogP contribution in [0.15, 0.2) is 0 Å². The molecule has 0 aliphatic carbocycles. The molecule has 1 aromatic rings. The van der Waals surface area contributed by atoms with Crippen LogP contribution in [0.25, 0.3) is 0 Å². The van der Waals surface area contributed by atoms with Crippen LogP contribution in [0.1, 0.15) is 36.2 Å². The van der Waals surface area contributed by atoms with Crippen molar-refractivity contribution in [3.63, 3.8) is 0 Å². The number of amides is 1. The van der Waals surface area contributed by atoms with E-state index in [1.807, 2.05) is 6.92 Å². The Morgan fingerprint density at radius 1 is 1.53 bits per heavy atom. The zero-order valence-corrected chi connectivity index (χ0v) is 9.86. The first-order chi connectivity index (χ1) is 8.04. The molecule has 1 atom stereocenters. The van der Waals surface area contributed by atoms with Crippen molar-refractivity contribution in [3.8, 4) is 0 Å². The average molecular weight is 240 g/mol. The predicted molar refractivity (Wildman–Crippen MR) is 59.5 cm³/mol. The summed E-state index contributed by atoms with van der Waals surface area (Å²) in [7, 11) is 0. The Morgan fingerprint density at radius 2 is 2.24 bits per heavy atom. The number of aliphatic carboxylic acids is 1. The van der Waals surface area contributed by atoms with E-state index in [1.165, 1.54) is 0 Å². The first-order valence-corrected chi connectivity index (χ1v) is 5.44. The van der Waals surface area contributed by atoms with Gasteiger partial charge in [-0.15, -0.1) is 5.10 Å². The van der Waals surface area contributed by atoms with Gasteiger partial charge in [-0.3, -0.25) is 14.7 Å². The minimum absolute atomic E-state index is 0.0307. The molecule has 0 saturated carbocycles. The number of carboxylic acids is 1. The van der Waals surface area contributed by atoms with Crippen LogP contribution >= 0.6 is 0 Å². The van der Waals surface area contributed by atoms with E-state index >= 15 is 0 Å². The van der Waals surface area contributed by atoms with Gasteiger partial charge in [-0.2, -0.15) is 0 Å². The summed E-state index contributed by atoms with van der Waals surface area (Å²) in [5.41, 5.74) is 0. The summed E-state index contributed by atoms with van der Waals surface area (Å²) in [5.74, 6) is -1.36. The number of carbonyl (C=O) groups is 2. The van der Waals surface area contributed by atoms with Crippen molar-refractivity contribution >= 4 is 11.9 Å². The van der Waals surface area contributed by atoms with Crippen molar-refractivity contribution in [2.75, 3.05) is 6.54 Å². The van der Waals surface area contributed by atoms with Crippen LogP contribution in [0.5, 0.6) is 0 Å². The van der Waals surface area contributed by atoms with Gasteiger partial charge in [-0.25, -0.2) is 4.98 Å². The summed E-state index contributed by atoms with van der Waals surface area (Å²) in [6.07, 6.45) is 1.29. The first-order valence-electron chi connectivity index (χ1n) is 5.44. The monoisotopic (exact) mass is 240 g/mol. The number of hydrogen-bond acceptors (Lipinski definition) is 4. The maximum absolute atomic E-state index is 11.5. The first kappa shape index (κ1) is 13.1. The maximum atomic E-state index is 11.5. The number of aromatic amines is 1. The van der Waals surface area contributed by atoms with Gasteiger partial charge in [-0.05, 0) is 13.3 Å². The third-order valence-corrected chi connectivity index (χ3v) is 2.30. The van der Waals surface area contributed by atoms with Gasteiger partial charge in [0.05, 0.1) is 5.92 Å². The number of nitrogens with one attached hydrogen (secondary N) is 2. The fraction of sp³-hybridized carbons (Fsp3) is 0.600. The second-order valence-corrected chi connectivity index (χ2v) is 3.78. The Labute approximate surface area is 98.6 Å². The molecule has 0 saturated heterocycles. The molecule has 0 bridgehead atoms. The molecule has 94 valence electrons. The third kappa shape index (κ3) is 3.86. The van der Waals surface area contributed by atoms with Crippen LogP contribution in [0.3, 0.4) is 0 Å². The lowest BCUT2D eigenvalue weighted by Crippen LogP contribution is -2.33. The fourth-order valence-corrected chi connectivity index (χ4v) is 1.40. The van der Waals surface area contributed by atoms with E-state index in [1.54, 1.807) is 6.92 Å². The van der Waals surface area contributed by atoms with E-state index < -0.39 is 17.8 Å². The lowest BCUT2D eigenvalue weighted by Gasteiger charge is -2.10. The van der Waals surface area contributed by atoms with Crippen molar-refractivity contribution in [1.29, 1.82) is 0 Å². The maximum Gasteiger partial charge on any atom is 0.308 e. The summed E-state index contributed by atoms with van der Waals surface area (Å²) in [5, 5.41) is 17.7. The molecule has 3 N–H and O–H groups in total. The topological polar surface area (TPSA) is 108 Å². The highest BCUT2D eigenvalue weighted by Gasteiger charge is 2.18. The van der Waals surface area contributed by atoms with Crippen molar-refractivity contribution in [3.05, 3.63) is 11.6 Å². The molecule has 1 rings (SSSR count). The number of aryl methyl sites for hydroxylation is 1. The fourth-order valence-electron chi connectivity index (χ4n) is 1.40. The zero-order valence-electron chi connectivity index (χ0n) is 9.86. The molecule has 7 nitrogen and oxygen atoms in total. The quantitative estimate of drug-likeness (QED) is 0.664. The molecule has 1 amide bonds. The predicted octanol–water partition coefficient (Wildman–Crippen LogP) is 0.344. The van der Waals surface area contributed by atoms with E-state index in [0.717, 1.165) is 6.42 Å². The van der Waals surface area contributed by atoms with Gasteiger partial charge >= 0.3 is 5.97 Å². The number of aromatic nitrogens is 3. The number of hydrogen-bond donors (Lipinski definition) is 3. The van der Waals surface area contributed by atoms with Crippen LogP contribution in [0.4, 0.5) is 0 Å². The molecule has 1 unspecified atom stereocenters. The standard InChI is InChI=1S/C10H16N4O3/c1-3-4-7(10(16)17)5-11-9(15)8-12-6(2)13-14-8/h7H,3-5H2,1-2H3,(H,11,15)(H,16,17)(H,12,13,14). The van der Waals surface area contributed by atoms with Gasteiger partial charge in [0.25, 0.3) is 5.91 Å². The summed E-state index contributed by atoms with van der Waals surface area (Å²) in [6.45, 7) is 3.67. The van der Waals surface area contributed by atoms with Crippen LogP contribution in [-0.4, -0.2) is 38.7 Å². The van der Waals surface area contributed by atoms with Gasteiger partial charge in [0.2, 0.25) is 5.82 Å². The minimum atomic E-state index is -0.904. The highest BCUT2D eigenvalue weighted by atomic mass is 16.4. The summed E-state index contributed by atoms with van der Waals surface area (Å²) < 4.78 is 0. The van der Waals surface area contributed by atoms with Gasteiger partial charge < -0.3 is 10.4 Å². The van der Waals surface area contributed by atoms with Crippen LogP contribution < -0.4 is 5.32 Å². The number of nitrogens with zero attached hydrogens (tertiary/aromatic N) is 2. The molecule has 0 radical (unpaired) electrons. The van der Waals surface area contributed by atoms with Crippen molar-refractivity contribution in [2.45, 2.75) is 26.7 Å². The minimum Gasteiger partial charge on any atom is -0.481 e. The molecule has 1 heterocycles. The van der Waals surface area contributed by atoms with Crippen LogP contribution in [0, 0.1) is 12.8 Å². The van der Waals surface area contributed by atoms with Gasteiger partial charge in [0, 0.05) is 6.54 Å². The van der Waals surface area contributed by atoms with E-state index in [-0.39, 0.29) is 12.4 Å². The summed E-state index contributed by atoms with van der Waals surface area (Å²) in [6, 6.07) is 0. The van der Waals surface area contributed by atoms with Crippen LogP contribution in [0.2, 0.25) is 0 Å². The molecule has 0 spiro atoms. The lowest BCUT2D eigenvalue weighted by molar-refractivity contribution is -0.141. The molecule has 1 aromatic heterocycles. The van der Waals surface area contributed by atoms with Crippen molar-refractivity contribution < 1.29 is 14.7 Å². The molecule has 0 fully saturated rings. The van der Waals surface area contributed by atoms with Gasteiger partial charge in [0.15, 0.2) is 0 Å². The average Bonchev–Trinajstić information content (AvgIpc) is 2.70. The lowest BCUT2D eigenvalue weighted by atomic mass is 10.0. The number of H-pyrrole nitrogens is 1. The smallest absolute Gasteiger partial charge is 0.308 e. The largest absolute Gasteiger partial charge is 0.481 e. The number of carbonyl (C=O) groups excluding carboxylic acids is 1. The summed E-state index contributed by atoms with van der Waals surface area (Å²) >= 11 is 0. The third-order valence-electron chi connectivity index (χ3n) is 2.30. The van der Waals surface area contributed by atoms with E-state index in [2.05, 4.69) is 20.5 Å². The molecule has 17 heavy (non-hydrogen) atoms. The summed E-state index contributed by atoms with van der Waals surface area (Å²) in [4.78, 5) is 26.2. The Morgan fingerprint density at radius 3 is 2.71 bits per heavy atom. The Kier molecular flexibility index (Phi) is 4.62. The van der Waals surface area contributed by atoms with Crippen molar-refractivity contribution in [1.82, 2.24) is 20.5 Å². The van der Waals surface area contributed by atoms with E-state index in [0.29, 0.717) is 12.2 Å². The Bertz CT molecular complexity index is 402. The van der Waals surface area contributed by atoms with E-state index in [9.17, 15) is 9.59 Å². The highest BCUT2D eigenvalue weighted by Crippen LogP contribution is 2.05. The normalized spacial score (nSPS) is 12.1. The van der Waals surface area contributed by atoms with Crippen LogP contribution in [-0.2, 0) is 4.79 Å². The van der Waals surface area contributed by atoms with Gasteiger partial charge in [-0.1, -0.05) is 13.3 Å². The van der Waals surface area contributed by atoms with E-state index in [4.69, 9.17) is 5.11 Å². The highest BCUT2D eigenvalue weighted by molar-refractivity contribution is 5.90. The zero-order chi connectivity index (χ0) is 12.8. The Hall–Kier alpha value is -1.92. The second kappa shape index (κ2) is 5.97. The molecular formula is C10H16N4O3. The number of rotatable bonds is 6. The van der Waals surface area contributed by atoms with Gasteiger partial charge in [0.1, 0.15) is 5.82 Å². The second-order valence-electron chi connectivity index (χ2n) is 3.78. The molecule has 7 heteroatoms. The molecule has 0 aromatic carbocycles. The SMILES string of the molecule is CCCC(CNC(=O)c1n[nH]c(C)n1)C(=O)O. The molecule has 0 aliphatic heterocycles. The molecular weight excluding hydrogens is 224 g/mol. The Balaban J connectivity index is 2.49. The molecule has 0 aliphatic rings. The number of carboxylic acid groups (broad SMARTS) is 1.